The molecule has 0 saturated carbocycles. The molecule has 1 aliphatic heterocycles. The Bertz CT molecular complexity index is 1240. The van der Waals surface area contributed by atoms with Gasteiger partial charge in [0.2, 0.25) is 0 Å². The van der Waals surface area contributed by atoms with Gasteiger partial charge in [-0.25, -0.2) is 4.98 Å². The predicted octanol–water partition coefficient (Wildman–Crippen LogP) is 5.29. The van der Waals surface area contributed by atoms with Gasteiger partial charge in [-0.15, -0.1) is 0 Å². The van der Waals surface area contributed by atoms with E-state index in [-0.39, 0.29) is 12.0 Å². The highest BCUT2D eigenvalue weighted by molar-refractivity contribution is 7.22. The molecule has 6 nitrogen and oxygen atoms in total. The molecule has 0 bridgehead atoms. The van der Waals surface area contributed by atoms with Gasteiger partial charge in [0, 0.05) is 12.2 Å². The van der Waals surface area contributed by atoms with E-state index in [9.17, 15) is 4.79 Å². The molecule has 0 spiro atoms. The Balaban J connectivity index is 1.59. The van der Waals surface area contributed by atoms with Gasteiger partial charge in [0.1, 0.15) is 21.7 Å². The van der Waals surface area contributed by atoms with Crippen LogP contribution in [-0.2, 0) is 4.74 Å². The molecule has 1 amide bonds. The van der Waals surface area contributed by atoms with E-state index in [1.54, 1.807) is 19.1 Å². The number of hydrogen-bond acceptors (Lipinski definition) is 6. The third kappa shape index (κ3) is 3.78. The van der Waals surface area contributed by atoms with Gasteiger partial charge < -0.3 is 14.2 Å². The Hall–Kier alpha value is -3.16. The van der Waals surface area contributed by atoms with Gasteiger partial charge in [0.25, 0.3) is 5.91 Å². The number of rotatable bonds is 6. The lowest BCUT2D eigenvalue weighted by molar-refractivity contribution is 0.0917. The highest BCUT2D eigenvalue weighted by Crippen LogP contribution is 2.40. The van der Waals surface area contributed by atoms with E-state index in [1.165, 1.54) is 11.3 Å². The summed E-state index contributed by atoms with van der Waals surface area (Å²) in [5.74, 6) is 1.27. The Kier molecular flexibility index (Phi) is 5.68. The fourth-order valence-corrected chi connectivity index (χ4v) is 5.19. The highest BCUT2D eigenvalue weighted by Gasteiger charge is 2.28. The van der Waals surface area contributed by atoms with Crippen molar-refractivity contribution in [1.29, 1.82) is 0 Å². The first kappa shape index (κ1) is 20.7. The second-order valence-electron chi connectivity index (χ2n) is 7.76. The number of carbonyl (C=O) groups excluding carboxylic acids is 1. The average molecular weight is 449 g/mol. The molecule has 1 atom stereocenters. The number of aromatic nitrogens is 1. The molecule has 32 heavy (non-hydrogen) atoms. The van der Waals surface area contributed by atoms with Crippen molar-refractivity contribution in [1.82, 2.24) is 4.98 Å². The first-order valence-corrected chi connectivity index (χ1v) is 11.4. The zero-order chi connectivity index (χ0) is 22.1. The van der Waals surface area contributed by atoms with Gasteiger partial charge in [-0.1, -0.05) is 41.7 Å². The molecule has 2 heterocycles. The van der Waals surface area contributed by atoms with E-state index in [2.05, 4.69) is 0 Å². The van der Waals surface area contributed by atoms with Gasteiger partial charge >= 0.3 is 0 Å². The first-order valence-electron chi connectivity index (χ1n) is 10.6. The van der Waals surface area contributed by atoms with Gasteiger partial charge in [-0.05, 0) is 47.9 Å². The minimum Gasteiger partial charge on any atom is -0.495 e. The van der Waals surface area contributed by atoms with Crippen LogP contribution in [0.25, 0.3) is 21.0 Å². The molecular weight excluding hydrogens is 424 g/mol. The summed E-state index contributed by atoms with van der Waals surface area (Å²) in [6.45, 7) is 1.18. The van der Waals surface area contributed by atoms with Crippen molar-refractivity contribution >= 4 is 43.4 Å². The van der Waals surface area contributed by atoms with E-state index in [1.807, 2.05) is 54.6 Å². The number of amides is 1. The van der Waals surface area contributed by atoms with Crippen molar-refractivity contribution < 1.29 is 19.0 Å². The van der Waals surface area contributed by atoms with E-state index in [0.717, 1.165) is 34.9 Å². The Morgan fingerprint density at radius 1 is 1.09 bits per heavy atom. The maximum absolute atomic E-state index is 13.7. The zero-order valence-corrected chi connectivity index (χ0v) is 18.9. The molecule has 1 aliphatic rings. The van der Waals surface area contributed by atoms with Crippen LogP contribution in [0, 0.1) is 0 Å². The maximum atomic E-state index is 13.7. The molecule has 3 aromatic carbocycles. The molecule has 0 N–H and O–H groups in total. The largest absolute Gasteiger partial charge is 0.495 e. The third-order valence-electron chi connectivity index (χ3n) is 5.78. The molecule has 1 aromatic heterocycles. The molecule has 1 saturated heterocycles. The topological polar surface area (TPSA) is 60.9 Å². The molecular formula is C25H24N2O4S. The highest BCUT2D eigenvalue weighted by atomic mass is 32.1. The number of fused-ring (bicyclic) bond motifs is 2. The zero-order valence-electron chi connectivity index (χ0n) is 18.0. The van der Waals surface area contributed by atoms with Crippen molar-refractivity contribution in [2.24, 2.45) is 0 Å². The monoisotopic (exact) mass is 448 g/mol. The molecule has 0 aliphatic carbocycles. The normalized spacial score (nSPS) is 15.9. The van der Waals surface area contributed by atoms with Crippen molar-refractivity contribution in [3.8, 4) is 11.5 Å². The lowest BCUT2D eigenvalue weighted by Crippen LogP contribution is -2.37. The quantitative estimate of drug-likeness (QED) is 0.401. The van der Waals surface area contributed by atoms with Gasteiger partial charge in [-0.2, -0.15) is 0 Å². The fourth-order valence-electron chi connectivity index (χ4n) is 4.11. The molecule has 0 radical (unpaired) electrons. The smallest absolute Gasteiger partial charge is 0.260 e. The molecule has 5 rings (SSSR count). The van der Waals surface area contributed by atoms with Crippen LogP contribution >= 0.6 is 11.3 Å². The number of carbonyl (C=O) groups is 1. The van der Waals surface area contributed by atoms with Gasteiger partial charge in [0.05, 0.1) is 26.9 Å². The SMILES string of the molecule is COc1ccc(OC)c2sc(N(CC3CCCO3)C(=O)c3ccc4ccccc4c3)nc12. The summed E-state index contributed by atoms with van der Waals surface area (Å²) in [6, 6.07) is 17.5. The second kappa shape index (κ2) is 8.76. The van der Waals surface area contributed by atoms with Gasteiger partial charge in [-0.3, -0.25) is 9.69 Å². The number of ether oxygens (including phenoxy) is 3. The molecule has 1 unspecified atom stereocenters. The Morgan fingerprint density at radius 3 is 2.62 bits per heavy atom. The van der Waals surface area contributed by atoms with Crippen molar-refractivity contribution in [2.45, 2.75) is 18.9 Å². The number of benzene rings is 3. The molecule has 7 heteroatoms. The summed E-state index contributed by atoms with van der Waals surface area (Å²) >= 11 is 1.43. The van der Waals surface area contributed by atoms with Gasteiger partial charge in [0.15, 0.2) is 5.13 Å². The van der Waals surface area contributed by atoms with E-state index >= 15 is 0 Å². The van der Waals surface area contributed by atoms with E-state index in [4.69, 9.17) is 19.2 Å². The summed E-state index contributed by atoms with van der Waals surface area (Å²) in [4.78, 5) is 20.3. The van der Waals surface area contributed by atoms with Crippen LogP contribution in [-0.4, -0.2) is 44.4 Å². The van der Waals surface area contributed by atoms with Crippen molar-refractivity contribution in [2.75, 3.05) is 32.3 Å². The van der Waals surface area contributed by atoms with Crippen LogP contribution in [0.15, 0.2) is 54.6 Å². The van der Waals surface area contributed by atoms with Crippen LogP contribution in [0.1, 0.15) is 23.2 Å². The molecule has 4 aromatic rings. The summed E-state index contributed by atoms with van der Waals surface area (Å²) < 4.78 is 17.8. The summed E-state index contributed by atoms with van der Waals surface area (Å²) in [5, 5.41) is 2.74. The van der Waals surface area contributed by atoms with Crippen LogP contribution in [0.5, 0.6) is 11.5 Å². The van der Waals surface area contributed by atoms with Crippen molar-refractivity contribution in [3.63, 3.8) is 0 Å². The minimum atomic E-state index is -0.0942. The van der Waals surface area contributed by atoms with Crippen LogP contribution in [0.4, 0.5) is 5.13 Å². The Morgan fingerprint density at radius 2 is 1.88 bits per heavy atom. The second-order valence-corrected chi connectivity index (χ2v) is 8.73. The summed E-state index contributed by atoms with van der Waals surface area (Å²) in [7, 11) is 3.25. The van der Waals surface area contributed by atoms with E-state index in [0.29, 0.717) is 34.3 Å². The number of thiazole rings is 1. The molecule has 164 valence electrons. The molecule has 1 fully saturated rings. The summed E-state index contributed by atoms with van der Waals surface area (Å²) in [6.07, 6.45) is 1.93. The van der Waals surface area contributed by atoms with Crippen molar-refractivity contribution in [3.05, 3.63) is 60.2 Å². The first-order chi connectivity index (χ1) is 15.7. The minimum absolute atomic E-state index is 0.00444. The lowest BCUT2D eigenvalue weighted by atomic mass is 10.1. The van der Waals surface area contributed by atoms with Crippen LogP contribution in [0.3, 0.4) is 0 Å². The standard InChI is InChI=1S/C25H24N2O4S/c1-29-20-11-12-21(30-2)23-22(20)26-25(32-23)27(15-19-8-5-13-31-19)24(28)18-10-9-16-6-3-4-7-17(16)14-18/h3-4,6-7,9-12,14,19H,5,8,13,15H2,1-2H3. The predicted molar refractivity (Wildman–Crippen MR) is 127 cm³/mol. The van der Waals surface area contributed by atoms with E-state index < -0.39 is 0 Å². The number of nitrogens with zero attached hydrogens (tertiary/aromatic N) is 2. The number of anilines is 1. The number of methoxy groups -OCH3 is 2. The van der Waals surface area contributed by atoms with Crippen LogP contribution in [0.2, 0.25) is 0 Å². The lowest BCUT2D eigenvalue weighted by Gasteiger charge is -2.23. The third-order valence-corrected chi connectivity index (χ3v) is 6.87. The maximum Gasteiger partial charge on any atom is 0.260 e. The summed E-state index contributed by atoms with van der Waals surface area (Å²) in [5.41, 5.74) is 1.32. The fraction of sp³-hybridized carbons (Fsp3) is 0.280. The number of hydrogen-bond donors (Lipinski definition) is 0. The average Bonchev–Trinajstić information content (AvgIpc) is 3.51. The van der Waals surface area contributed by atoms with Crippen LogP contribution < -0.4 is 14.4 Å². The Labute approximate surface area is 190 Å².